The molecular weight excluding hydrogens is 407 g/mol. The van der Waals surface area contributed by atoms with Crippen molar-refractivity contribution >= 4 is 17.2 Å². The molecule has 1 amide bonds. The fourth-order valence-electron chi connectivity index (χ4n) is 2.57. The normalized spacial score (nSPS) is 12.3. The van der Waals surface area contributed by atoms with Crippen LogP contribution in [-0.2, 0) is 6.61 Å². The first-order valence-corrected chi connectivity index (χ1v) is 9.03. The number of aliphatic hydroxyl groups is 1. The van der Waals surface area contributed by atoms with Gasteiger partial charge in [-0.2, -0.15) is 0 Å². The molecule has 0 aliphatic heterocycles. The Kier molecular flexibility index (Phi) is 6.10. The van der Waals surface area contributed by atoms with Gasteiger partial charge in [0, 0.05) is 11.3 Å². The number of phenols is 1. The third-order valence-corrected chi connectivity index (χ3v) is 5.12. The minimum Gasteiger partial charge on any atom is -0.505 e. The highest BCUT2D eigenvalue weighted by Gasteiger charge is 2.24. The van der Waals surface area contributed by atoms with Gasteiger partial charge in [-0.1, -0.05) is 5.23 Å². The zero-order valence-corrected chi connectivity index (χ0v) is 15.5. The monoisotopic (exact) mass is 424 g/mol. The average molecular weight is 424 g/mol. The Morgan fingerprint density at radius 3 is 2.66 bits per heavy atom. The number of halogens is 1. The number of carbonyl (C=O) groups excluding carboxylic acids is 1. The standard InChI is InChI=1S/C17H17FN4O6S/c18-9-5-8(1-4-13(9)24)10-2-3-11(19-10)15(25)20-12(6-22(27)28)17-21-16(26)14(7-23)29-17/h1-5,12,19,23-24,26-28H,6-7H2,(H,20,25). The predicted molar refractivity (Wildman–Crippen MR) is 98.0 cm³/mol. The fourth-order valence-corrected chi connectivity index (χ4v) is 3.43. The summed E-state index contributed by atoms with van der Waals surface area (Å²) in [6, 6.07) is 5.74. The molecule has 0 aliphatic carbocycles. The van der Waals surface area contributed by atoms with Crippen molar-refractivity contribution in [3.05, 3.63) is 51.7 Å². The van der Waals surface area contributed by atoms with E-state index in [9.17, 15) is 19.4 Å². The van der Waals surface area contributed by atoms with Gasteiger partial charge in [0.05, 0.1) is 24.1 Å². The Morgan fingerprint density at radius 2 is 2.03 bits per heavy atom. The number of amides is 1. The molecule has 1 atom stereocenters. The molecule has 0 bridgehead atoms. The maximum atomic E-state index is 13.5. The molecule has 0 spiro atoms. The molecule has 0 saturated carbocycles. The van der Waals surface area contributed by atoms with Gasteiger partial charge in [-0.05, 0) is 30.3 Å². The van der Waals surface area contributed by atoms with Crippen LogP contribution in [-0.4, -0.2) is 53.4 Å². The number of thiazole rings is 1. The molecule has 2 heterocycles. The number of aromatic hydroxyl groups is 2. The molecule has 0 fully saturated rings. The third kappa shape index (κ3) is 4.70. The van der Waals surface area contributed by atoms with E-state index >= 15 is 0 Å². The van der Waals surface area contributed by atoms with Crippen molar-refractivity contribution < 1.29 is 34.9 Å². The number of rotatable bonds is 7. The maximum Gasteiger partial charge on any atom is 0.268 e. The van der Waals surface area contributed by atoms with Crippen LogP contribution in [0.1, 0.15) is 26.4 Å². The van der Waals surface area contributed by atoms with E-state index in [1.54, 1.807) is 6.07 Å². The Balaban J connectivity index is 1.80. The van der Waals surface area contributed by atoms with Gasteiger partial charge < -0.3 is 25.6 Å². The molecule has 10 nitrogen and oxygen atoms in total. The summed E-state index contributed by atoms with van der Waals surface area (Å²) in [5, 5.41) is 48.9. The second kappa shape index (κ2) is 8.55. The Hall–Kier alpha value is -3.03. The number of hydrogen-bond donors (Lipinski definition) is 7. The number of aromatic amines is 1. The minimum absolute atomic E-state index is 0.101. The lowest BCUT2D eigenvalue weighted by atomic mass is 10.1. The Labute approximate surface area is 167 Å². The molecule has 0 saturated heterocycles. The van der Waals surface area contributed by atoms with Gasteiger partial charge in [0.25, 0.3) is 5.91 Å². The summed E-state index contributed by atoms with van der Waals surface area (Å²) in [7, 11) is 0. The number of phenolic OH excluding ortho intramolecular Hbond substituents is 1. The first kappa shape index (κ1) is 20.7. The van der Waals surface area contributed by atoms with Gasteiger partial charge in [-0.3, -0.25) is 15.2 Å². The molecule has 0 aliphatic rings. The van der Waals surface area contributed by atoms with Crippen molar-refractivity contribution in [3.8, 4) is 22.9 Å². The minimum atomic E-state index is -1.01. The predicted octanol–water partition coefficient (Wildman–Crippen LogP) is 1.73. The summed E-state index contributed by atoms with van der Waals surface area (Å²) in [5.74, 6) is -2.33. The SMILES string of the molecule is O=C(NC(CN(O)O)c1nc(O)c(CO)s1)c1ccc(-c2ccc(O)c(F)c2)[nH]1. The lowest BCUT2D eigenvalue weighted by Crippen LogP contribution is -2.35. The number of H-pyrrole nitrogens is 1. The van der Waals surface area contributed by atoms with E-state index < -0.39 is 42.5 Å². The molecule has 29 heavy (non-hydrogen) atoms. The van der Waals surface area contributed by atoms with Gasteiger partial charge in [0.1, 0.15) is 10.7 Å². The largest absolute Gasteiger partial charge is 0.505 e. The highest BCUT2D eigenvalue weighted by atomic mass is 32.1. The summed E-state index contributed by atoms with van der Waals surface area (Å²) in [6.45, 7) is -0.921. The van der Waals surface area contributed by atoms with Gasteiger partial charge in [-0.15, -0.1) is 11.3 Å². The van der Waals surface area contributed by atoms with Crippen molar-refractivity contribution in [3.63, 3.8) is 0 Å². The number of hydrogen-bond acceptors (Lipinski definition) is 9. The number of aliphatic hydroxyl groups excluding tert-OH is 1. The number of hydroxylamine groups is 2. The van der Waals surface area contributed by atoms with E-state index in [4.69, 9.17) is 15.5 Å². The van der Waals surface area contributed by atoms with E-state index in [-0.39, 0.29) is 20.8 Å². The van der Waals surface area contributed by atoms with Gasteiger partial charge in [0.15, 0.2) is 11.6 Å². The van der Waals surface area contributed by atoms with E-state index in [0.29, 0.717) is 11.3 Å². The van der Waals surface area contributed by atoms with Crippen molar-refractivity contribution in [2.45, 2.75) is 12.6 Å². The molecule has 2 aromatic heterocycles. The molecule has 0 radical (unpaired) electrons. The molecule has 3 rings (SSSR count). The number of aromatic nitrogens is 2. The average Bonchev–Trinajstić information content (AvgIpc) is 3.30. The van der Waals surface area contributed by atoms with Gasteiger partial charge in [0.2, 0.25) is 5.88 Å². The maximum absolute atomic E-state index is 13.5. The Morgan fingerprint density at radius 1 is 1.28 bits per heavy atom. The molecule has 1 aromatic carbocycles. The zero-order chi connectivity index (χ0) is 21.1. The third-order valence-electron chi connectivity index (χ3n) is 3.98. The first-order valence-electron chi connectivity index (χ1n) is 8.22. The number of benzene rings is 1. The van der Waals surface area contributed by atoms with E-state index in [0.717, 1.165) is 17.4 Å². The second-order valence-corrected chi connectivity index (χ2v) is 7.10. The number of carbonyl (C=O) groups is 1. The summed E-state index contributed by atoms with van der Waals surface area (Å²) in [6.07, 6.45) is 0. The lowest BCUT2D eigenvalue weighted by molar-refractivity contribution is -0.309. The van der Waals surface area contributed by atoms with E-state index in [1.807, 2.05) is 0 Å². The summed E-state index contributed by atoms with van der Waals surface area (Å²) in [4.78, 5) is 19.4. The van der Waals surface area contributed by atoms with Crippen LogP contribution in [0.4, 0.5) is 4.39 Å². The van der Waals surface area contributed by atoms with Crippen LogP contribution in [0.3, 0.4) is 0 Å². The highest BCUT2D eigenvalue weighted by molar-refractivity contribution is 7.12. The lowest BCUT2D eigenvalue weighted by Gasteiger charge is -2.17. The highest BCUT2D eigenvalue weighted by Crippen LogP contribution is 2.29. The quantitative estimate of drug-likeness (QED) is 0.282. The van der Waals surface area contributed by atoms with Crippen molar-refractivity contribution in [2.24, 2.45) is 0 Å². The van der Waals surface area contributed by atoms with Crippen molar-refractivity contribution in [1.82, 2.24) is 20.5 Å². The summed E-state index contributed by atoms with van der Waals surface area (Å²) < 4.78 is 13.5. The fraction of sp³-hybridized carbons (Fsp3) is 0.176. The van der Waals surface area contributed by atoms with Gasteiger partial charge >= 0.3 is 0 Å². The van der Waals surface area contributed by atoms with Crippen LogP contribution in [0, 0.1) is 5.82 Å². The second-order valence-electron chi connectivity index (χ2n) is 5.99. The molecule has 7 N–H and O–H groups in total. The van der Waals surface area contributed by atoms with E-state index in [2.05, 4.69) is 15.3 Å². The van der Waals surface area contributed by atoms with Crippen LogP contribution in [0.5, 0.6) is 11.6 Å². The molecule has 12 heteroatoms. The molecular formula is C17H17FN4O6S. The van der Waals surface area contributed by atoms with E-state index in [1.165, 1.54) is 18.2 Å². The van der Waals surface area contributed by atoms with Crippen molar-refractivity contribution in [1.29, 1.82) is 0 Å². The van der Waals surface area contributed by atoms with Crippen LogP contribution in [0.15, 0.2) is 30.3 Å². The Bertz CT molecular complexity index is 1020. The summed E-state index contributed by atoms with van der Waals surface area (Å²) >= 11 is 0.902. The summed E-state index contributed by atoms with van der Waals surface area (Å²) in [5.41, 5.74) is 0.931. The van der Waals surface area contributed by atoms with Crippen LogP contribution in [0.2, 0.25) is 0 Å². The molecule has 1 unspecified atom stereocenters. The van der Waals surface area contributed by atoms with Gasteiger partial charge in [-0.25, -0.2) is 9.37 Å². The van der Waals surface area contributed by atoms with Crippen LogP contribution in [0.25, 0.3) is 11.3 Å². The first-order chi connectivity index (χ1) is 13.8. The van der Waals surface area contributed by atoms with Crippen LogP contribution < -0.4 is 5.32 Å². The molecule has 154 valence electrons. The zero-order valence-electron chi connectivity index (χ0n) is 14.7. The smallest absolute Gasteiger partial charge is 0.268 e. The van der Waals surface area contributed by atoms with Crippen molar-refractivity contribution in [2.75, 3.05) is 6.54 Å². The topological polar surface area (TPSA) is 162 Å². The number of nitrogens with one attached hydrogen (secondary N) is 2. The van der Waals surface area contributed by atoms with Crippen LogP contribution >= 0.6 is 11.3 Å². The molecule has 3 aromatic rings. The number of nitrogens with zero attached hydrogens (tertiary/aromatic N) is 2.